The van der Waals surface area contributed by atoms with Gasteiger partial charge < -0.3 is 5.32 Å². The lowest BCUT2D eigenvalue weighted by molar-refractivity contribution is 0.102. The Morgan fingerprint density at radius 3 is 2.76 bits per heavy atom. The average molecular weight is 247 g/mol. The van der Waals surface area contributed by atoms with Crippen LogP contribution in [0.15, 0.2) is 42.6 Å². The van der Waals surface area contributed by atoms with E-state index in [-0.39, 0.29) is 5.91 Å². The van der Waals surface area contributed by atoms with Crippen molar-refractivity contribution >= 4 is 23.2 Å². The fraction of sp³-hybridized carbons (Fsp3) is 0.0769. The number of aryl methyl sites for hydroxylation is 1. The molecule has 1 amide bonds. The summed E-state index contributed by atoms with van der Waals surface area (Å²) in [6.45, 7) is 1.93. The number of pyridine rings is 1. The molecular formula is C13H11ClN2O. The molecule has 1 aromatic heterocycles. The van der Waals surface area contributed by atoms with Gasteiger partial charge in [0.2, 0.25) is 0 Å². The van der Waals surface area contributed by atoms with E-state index in [1.807, 2.05) is 31.2 Å². The first-order chi connectivity index (χ1) is 8.16. The summed E-state index contributed by atoms with van der Waals surface area (Å²) in [6.07, 6.45) is 1.51. The minimum atomic E-state index is -0.262. The molecule has 1 N–H and O–H groups in total. The SMILES string of the molecule is Cc1ccccc1NC(=O)c1cc(Cl)ccn1. The second-order valence-corrected chi connectivity index (χ2v) is 4.06. The molecule has 1 heterocycles. The highest BCUT2D eigenvalue weighted by atomic mass is 35.5. The molecule has 0 spiro atoms. The van der Waals surface area contributed by atoms with E-state index >= 15 is 0 Å². The number of carbonyl (C=O) groups excluding carboxylic acids is 1. The van der Waals surface area contributed by atoms with Crippen molar-refractivity contribution in [3.05, 3.63) is 58.9 Å². The first-order valence-electron chi connectivity index (χ1n) is 5.15. The van der Waals surface area contributed by atoms with Gasteiger partial charge in [-0.05, 0) is 30.7 Å². The number of hydrogen-bond acceptors (Lipinski definition) is 2. The number of aromatic nitrogens is 1. The number of hydrogen-bond donors (Lipinski definition) is 1. The minimum absolute atomic E-state index is 0.262. The normalized spacial score (nSPS) is 10.0. The first kappa shape index (κ1) is 11.6. The van der Waals surface area contributed by atoms with Crippen LogP contribution >= 0.6 is 11.6 Å². The Balaban J connectivity index is 2.20. The fourth-order valence-corrected chi connectivity index (χ4v) is 1.59. The number of nitrogens with zero attached hydrogens (tertiary/aromatic N) is 1. The van der Waals surface area contributed by atoms with E-state index in [2.05, 4.69) is 10.3 Å². The number of nitrogens with one attached hydrogen (secondary N) is 1. The van der Waals surface area contributed by atoms with Gasteiger partial charge >= 0.3 is 0 Å². The maximum absolute atomic E-state index is 11.9. The predicted octanol–water partition coefficient (Wildman–Crippen LogP) is 3.30. The Morgan fingerprint density at radius 2 is 2.06 bits per heavy atom. The minimum Gasteiger partial charge on any atom is -0.320 e. The van der Waals surface area contributed by atoms with E-state index in [0.29, 0.717) is 10.7 Å². The lowest BCUT2D eigenvalue weighted by Gasteiger charge is -2.07. The van der Waals surface area contributed by atoms with Crippen molar-refractivity contribution in [2.75, 3.05) is 5.32 Å². The quantitative estimate of drug-likeness (QED) is 0.884. The van der Waals surface area contributed by atoms with E-state index in [0.717, 1.165) is 11.3 Å². The summed E-state index contributed by atoms with van der Waals surface area (Å²) >= 11 is 5.80. The summed E-state index contributed by atoms with van der Waals surface area (Å²) in [7, 11) is 0. The molecular weight excluding hydrogens is 236 g/mol. The standard InChI is InChI=1S/C13H11ClN2O/c1-9-4-2-3-5-11(9)16-13(17)12-8-10(14)6-7-15-12/h2-8H,1H3,(H,16,17). The van der Waals surface area contributed by atoms with E-state index in [1.54, 1.807) is 6.07 Å². The zero-order valence-corrected chi connectivity index (χ0v) is 10.0. The number of anilines is 1. The summed E-state index contributed by atoms with van der Waals surface area (Å²) < 4.78 is 0. The van der Waals surface area contributed by atoms with Crippen LogP contribution in [0.5, 0.6) is 0 Å². The maximum Gasteiger partial charge on any atom is 0.274 e. The average Bonchev–Trinajstić information content (AvgIpc) is 2.32. The Kier molecular flexibility index (Phi) is 3.40. The fourth-order valence-electron chi connectivity index (χ4n) is 1.43. The number of carbonyl (C=O) groups is 1. The number of para-hydroxylation sites is 1. The van der Waals surface area contributed by atoms with Gasteiger partial charge in [-0.2, -0.15) is 0 Å². The number of halogens is 1. The van der Waals surface area contributed by atoms with Crippen molar-refractivity contribution in [3.63, 3.8) is 0 Å². The number of amides is 1. The summed E-state index contributed by atoms with van der Waals surface area (Å²) in [5.74, 6) is -0.262. The summed E-state index contributed by atoms with van der Waals surface area (Å²) in [5.41, 5.74) is 2.09. The molecule has 0 aliphatic rings. The molecule has 17 heavy (non-hydrogen) atoms. The van der Waals surface area contributed by atoms with E-state index in [9.17, 15) is 4.79 Å². The van der Waals surface area contributed by atoms with Gasteiger partial charge in [-0.1, -0.05) is 29.8 Å². The van der Waals surface area contributed by atoms with Gasteiger partial charge in [0.25, 0.3) is 5.91 Å². The molecule has 0 unspecified atom stereocenters. The molecule has 0 saturated heterocycles. The van der Waals surface area contributed by atoms with Crippen LogP contribution in [0.4, 0.5) is 5.69 Å². The van der Waals surface area contributed by atoms with E-state index in [1.165, 1.54) is 12.3 Å². The molecule has 1 aromatic carbocycles. The van der Waals surface area contributed by atoms with Gasteiger partial charge in [-0.25, -0.2) is 0 Å². The Morgan fingerprint density at radius 1 is 1.29 bits per heavy atom. The summed E-state index contributed by atoms with van der Waals surface area (Å²) in [5, 5.41) is 3.29. The highest BCUT2D eigenvalue weighted by Gasteiger charge is 2.08. The van der Waals surface area contributed by atoms with Crippen LogP contribution in [0.1, 0.15) is 16.1 Å². The van der Waals surface area contributed by atoms with Crippen LogP contribution in [0.2, 0.25) is 5.02 Å². The third kappa shape index (κ3) is 2.82. The molecule has 4 heteroatoms. The molecule has 86 valence electrons. The molecule has 0 aliphatic heterocycles. The van der Waals surface area contributed by atoms with E-state index in [4.69, 9.17) is 11.6 Å². The van der Waals surface area contributed by atoms with Gasteiger partial charge in [0, 0.05) is 16.9 Å². The number of rotatable bonds is 2. The van der Waals surface area contributed by atoms with Crippen molar-refractivity contribution in [1.82, 2.24) is 4.98 Å². The smallest absolute Gasteiger partial charge is 0.274 e. The molecule has 0 radical (unpaired) electrons. The van der Waals surface area contributed by atoms with Gasteiger partial charge in [-0.15, -0.1) is 0 Å². The lowest BCUT2D eigenvalue weighted by Crippen LogP contribution is -2.14. The first-order valence-corrected chi connectivity index (χ1v) is 5.53. The number of benzene rings is 1. The zero-order valence-electron chi connectivity index (χ0n) is 9.27. The molecule has 2 aromatic rings. The lowest BCUT2D eigenvalue weighted by atomic mass is 10.2. The second kappa shape index (κ2) is 4.97. The van der Waals surface area contributed by atoms with Crippen LogP contribution in [-0.2, 0) is 0 Å². The summed E-state index contributed by atoms with van der Waals surface area (Å²) in [4.78, 5) is 15.9. The third-order valence-corrected chi connectivity index (χ3v) is 2.58. The largest absolute Gasteiger partial charge is 0.320 e. The monoisotopic (exact) mass is 246 g/mol. The second-order valence-electron chi connectivity index (χ2n) is 3.63. The van der Waals surface area contributed by atoms with Crippen LogP contribution in [0.25, 0.3) is 0 Å². The molecule has 0 saturated carbocycles. The highest BCUT2D eigenvalue weighted by molar-refractivity contribution is 6.30. The Labute approximate surface area is 104 Å². The van der Waals surface area contributed by atoms with Gasteiger partial charge in [0.1, 0.15) is 5.69 Å². The topological polar surface area (TPSA) is 42.0 Å². The molecule has 0 aliphatic carbocycles. The van der Waals surface area contributed by atoms with E-state index < -0.39 is 0 Å². The summed E-state index contributed by atoms with van der Waals surface area (Å²) in [6, 6.07) is 10.7. The van der Waals surface area contributed by atoms with Crippen LogP contribution in [0, 0.1) is 6.92 Å². The van der Waals surface area contributed by atoms with Crippen LogP contribution < -0.4 is 5.32 Å². The highest BCUT2D eigenvalue weighted by Crippen LogP contribution is 2.15. The molecule has 3 nitrogen and oxygen atoms in total. The van der Waals surface area contributed by atoms with Crippen LogP contribution in [0.3, 0.4) is 0 Å². The van der Waals surface area contributed by atoms with Crippen molar-refractivity contribution in [2.45, 2.75) is 6.92 Å². The Bertz CT molecular complexity index is 555. The molecule has 2 rings (SSSR count). The zero-order chi connectivity index (χ0) is 12.3. The van der Waals surface area contributed by atoms with Gasteiger partial charge in [-0.3, -0.25) is 9.78 Å². The van der Waals surface area contributed by atoms with Crippen molar-refractivity contribution in [2.24, 2.45) is 0 Å². The predicted molar refractivity (Wildman–Crippen MR) is 68.4 cm³/mol. The van der Waals surface area contributed by atoms with Gasteiger partial charge in [0.15, 0.2) is 0 Å². The van der Waals surface area contributed by atoms with Crippen molar-refractivity contribution < 1.29 is 4.79 Å². The molecule has 0 atom stereocenters. The van der Waals surface area contributed by atoms with Crippen LogP contribution in [-0.4, -0.2) is 10.9 Å². The van der Waals surface area contributed by atoms with Crippen molar-refractivity contribution in [3.8, 4) is 0 Å². The third-order valence-electron chi connectivity index (χ3n) is 2.35. The Hall–Kier alpha value is -1.87. The molecule has 0 bridgehead atoms. The van der Waals surface area contributed by atoms with Crippen molar-refractivity contribution in [1.29, 1.82) is 0 Å². The van der Waals surface area contributed by atoms with Gasteiger partial charge in [0.05, 0.1) is 0 Å². The molecule has 0 fully saturated rings. The maximum atomic E-state index is 11.9.